The van der Waals surface area contributed by atoms with Crippen LogP contribution in [0, 0.1) is 11.8 Å². The lowest BCUT2D eigenvalue weighted by atomic mass is 10.1. The largest absolute Gasteiger partial charge is 0.493 e. The number of hydrogen-bond acceptors (Lipinski definition) is 18. The first kappa shape index (κ1) is 63.2. The van der Waals surface area contributed by atoms with E-state index >= 15 is 0 Å². The standard InChI is InChI=1S/C60H78N6O17/c1-37-24-46-55(70)65(57(72)82-59(3,4)5)44-31-50(48(74-9)29-42(44)53(68)63(46)33-37)80-35-40-26-39(12-11-15-62-52(67)13-16-76-18-20-78-22-23-79-21-19-77-17-14-61)27-41(28-40)36-81-51-32-45-43(30-49(51)75-10)54(69)64-34-38(2)25-47(64)56(71)66(45)58(73)83-60(6,7)8/h26-34,46-47,55-56,70-71H,13-25,35-36,61H2,1-10H3,(H,62,67)/t46-,47-,55-,56-/m0/s1. The van der Waals surface area contributed by atoms with Gasteiger partial charge < -0.3 is 78.4 Å². The van der Waals surface area contributed by atoms with E-state index in [9.17, 15) is 34.2 Å². The number of benzene rings is 3. The average Bonchev–Trinajstić information content (AvgIpc) is 2.81. The van der Waals surface area contributed by atoms with Gasteiger partial charge in [-0.1, -0.05) is 23.0 Å². The highest BCUT2D eigenvalue weighted by atomic mass is 16.6. The van der Waals surface area contributed by atoms with Gasteiger partial charge in [0.1, 0.15) is 24.4 Å². The summed E-state index contributed by atoms with van der Waals surface area (Å²) >= 11 is 0. The van der Waals surface area contributed by atoms with Crippen molar-refractivity contribution in [1.29, 1.82) is 0 Å². The molecule has 4 aliphatic heterocycles. The van der Waals surface area contributed by atoms with E-state index in [0.717, 1.165) is 20.9 Å². The van der Waals surface area contributed by atoms with Crippen LogP contribution in [0.3, 0.4) is 0 Å². The fraction of sp³-hybridized carbons (Fsp3) is 0.517. The molecule has 5 amide bonds. The van der Waals surface area contributed by atoms with Gasteiger partial charge in [-0.2, -0.15) is 0 Å². The number of aliphatic hydroxyl groups is 2. The maximum absolute atomic E-state index is 14.2. The predicted octanol–water partition coefficient (Wildman–Crippen LogP) is 6.13. The van der Waals surface area contributed by atoms with Crippen LogP contribution in [-0.2, 0) is 46.4 Å². The van der Waals surface area contributed by atoms with E-state index in [0.29, 0.717) is 82.3 Å². The van der Waals surface area contributed by atoms with Gasteiger partial charge in [0.2, 0.25) is 5.91 Å². The highest BCUT2D eigenvalue weighted by Crippen LogP contribution is 2.44. The summed E-state index contributed by atoms with van der Waals surface area (Å²) in [5.74, 6) is 5.50. The summed E-state index contributed by atoms with van der Waals surface area (Å²) in [6.45, 7) is 17.1. The van der Waals surface area contributed by atoms with Gasteiger partial charge in [0.25, 0.3) is 11.8 Å². The van der Waals surface area contributed by atoms with Gasteiger partial charge in [0.15, 0.2) is 35.5 Å². The smallest absolute Gasteiger partial charge is 0.417 e. The Kier molecular flexibility index (Phi) is 21.5. The molecular weight excluding hydrogens is 1080 g/mol. The van der Waals surface area contributed by atoms with Gasteiger partial charge in [0.05, 0.1) is 108 Å². The lowest BCUT2D eigenvalue weighted by molar-refractivity contribution is -0.122. The number of carbonyl (C=O) groups is 5. The highest BCUT2D eigenvalue weighted by Gasteiger charge is 2.47. The number of methoxy groups -OCH3 is 2. The zero-order valence-corrected chi connectivity index (χ0v) is 49.0. The van der Waals surface area contributed by atoms with Crippen molar-refractivity contribution in [3.05, 3.63) is 93.8 Å². The van der Waals surface area contributed by atoms with Gasteiger partial charge in [-0.05, 0) is 110 Å². The zero-order valence-electron chi connectivity index (χ0n) is 49.0. The quantitative estimate of drug-likeness (QED) is 0.0614. The Labute approximate surface area is 484 Å². The third kappa shape index (κ3) is 16.4. The Morgan fingerprint density at radius 3 is 1.45 bits per heavy atom. The molecule has 0 saturated carbocycles. The molecule has 4 heterocycles. The molecule has 0 aliphatic carbocycles. The second-order valence-corrected chi connectivity index (χ2v) is 22.2. The van der Waals surface area contributed by atoms with Crippen molar-refractivity contribution in [2.75, 3.05) is 90.0 Å². The van der Waals surface area contributed by atoms with Crippen LogP contribution in [0.25, 0.3) is 0 Å². The van der Waals surface area contributed by atoms with Crippen LogP contribution in [0.2, 0.25) is 0 Å². The first-order chi connectivity index (χ1) is 39.5. The SMILES string of the molecule is COc1cc2c(cc1OCc1cc(C#CCNC(=O)CCOCCOCCOCCOCCN)cc(COc3cc4c(cc3OC)C(=O)N3C=C(C)C[C@H]3[C@H](O)N4C(=O)OC(C)(C)C)c1)N(C(=O)OC(C)(C)C)[C@@H](O)[C@@H]1CC(C)=CN1C2=O. The molecule has 0 fully saturated rings. The molecule has 5 N–H and O–H groups in total. The maximum atomic E-state index is 14.2. The van der Waals surface area contributed by atoms with Crippen molar-refractivity contribution in [1.82, 2.24) is 15.1 Å². The van der Waals surface area contributed by atoms with Crippen molar-refractivity contribution in [2.24, 2.45) is 5.73 Å². The Balaban J connectivity index is 1.13. The molecule has 7 rings (SSSR count). The number of nitrogens with two attached hydrogens (primary N) is 1. The fourth-order valence-corrected chi connectivity index (χ4v) is 9.58. The summed E-state index contributed by atoms with van der Waals surface area (Å²) in [4.78, 5) is 74.1. The number of hydrogen-bond donors (Lipinski definition) is 4. The van der Waals surface area contributed by atoms with E-state index in [-0.39, 0.29) is 84.2 Å². The van der Waals surface area contributed by atoms with Crippen molar-refractivity contribution < 1.29 is 81.6 Å². The predicted molar refractivity (Wildman–Crippen MR) is 304 cm³/mol. The summed E-state index contributed by atoms with van der Waals surface area (Å²) in [5, 5.41) is 26.5. The fourth-order valence-electron chi connectivity index (χ4n) is 9.58. The number of fused-ring (bicyclic) bond motifs is 4. The van der Waals surface area contributed by atoms with Crippen LogP contribution >= 0.6 is 0 Å². The molecule has 23 heteroatoms. The van der Waals surface area contributed by atoms with Crippen molar-refractivity contribution in [3.8, 4) is 34.8 Å². The summed E-state index contributed by atoms with van der Waals surface area (Å²) < 4.78 is 57.8. The molecular formula is C60H78N6O17. The van der Waals surface area contributed by atoms with Crippen LogP contribution in [0.5, 0.6) is 23.0 Å². The molecule has 0 bridgehead atoms. The third-order valence-electron chi connectivity index (χ3n) is 13.2. The number of ether oxygens (including phenoxy) is 10. The van der Waals surface area contributed by atoms with E-state index in [1.165, 1.54) is 48.3 Å². The molecule has 3 aromatic carbocycles. The Morgan fingerprint density at radius 2 is 1.04 bits per heavy atom. The zero-order chi connectivity index (χ0) is 60.2. The molecule has 83 heavy (non-hydrogen) atoms. The van der Waals surface area contributed by atoms with Gasteiger partial charge in [0, 0.05) is 43.1 Å². The molecule has 450 valence electrons. The number of amides is 5. The topological polar surface area (TPSA) is 269 Å². The Morgan fingerprint density at radius 1 is 0.614 bits per heavy atom. The van der Waals surface area contributed by atoms with Crippen LogP contribution in [0.4, 0.5) is 21.0 Å². The van der Waals surface area contributed by atoms with E-state index < -0.39 is 59.7 Å². The van der Waals surface area contributed by atoms with Crippen molar-refractivity contribution >= 4 is 41.3 Å². The lowest BCUT2D eigenvalue weighted by Gasteiger charge is -2.33. The monoisotopic (exact) mass is 1150 g/mol. The van der Waals surface area contributed by atoms with Crippen molar-refractivity contribution in [3.63, 3.8) is 0 Å². The molecule has 23 nitrogen and oxygen atoms in total. The first-order valence-corrected chi connectivity index (χ1v) is 27.5. The minimum Gasteiger partial charge on any atom is -0.493 e. The maximum Gasteiger partial charge on any atom is 0.417 e. The number of nitrogens with zero attached hydrogens (tertiary/aromatic N) is 4. The van der Waals surface area contributed by atoms with Crippen molar-refractivity contribution in [2.45, 2.75) is 124 Å². The van der Waals surface area contributed by atoms with Gasteiger partial charge in [-0.3, -0.25) is 14.4 Å². The third-order valence-corrected chi connectivity index (χ3v) is 13.2. The summed E-state index contributed by atoms with van der Waals surface area (Å²) in [6.07, 6.45) is -0.688. The summed E-state index contributed by atoms with van der Waals surface area (Å²) in [5.41, 5.74) is 7.05. The number of anilines is 2. The molecule has 0 spiro atoms. The van der Waals surface area contributed by atoms with Crippen LogP contribution in [0.15, 0.2) is 66.0 Å². The minimum absolute atomic E-state index is 0.00312. The summed E-state index contributed by atoms with van der Waals surface area (Å²) in [6, 6.07) is 9.61. The second-order valence-electron chi connectivity index (χ2n) is 22.2. The van der Waals surface area contributed by atoms with Gasteiger partial charge >= 0.3 is 12.2 Å². The van der Waals surface area contributed by atoms with E-state index in [1.807, 2.05) is 13.8 Å². The molecule has 0 aromatic heterocycles. The van der Waals surface area contributed by atoms with E-state index in [4.69, 9.17) is 53.1 Å². The lowest BCUT2D eigenvalue weighted by Crippen LogP contribution is -2.51. The summed E-state index contributed by atoms with van der Waals surface area (Å²) in [7, 11) is 2.83. The number of rotatable bonds is 23. The Bertz CT molecular complexity index is 2810. The molecule has 0 saturated heterocycles. The van der Waals surface area contributed by atoms with Crippen LogP contribution in [-0.4, -0.2) is 166 Å². The van der Waals surface area contributed by atoms with Crippen LogP contribution < -0.4 is 39.8 Å². The molecule has 4 aliphatic rings. The molecule has 3 aromatic rings. The molecule has 0 unspecified atom stereocenters. The number of nitrogens with one attached hydrogen (secondary N) is 1. The average molecular weight is 1160 g/mol. The molecule has 0 radical (unpaired) electrons. The Hall–Kier alpha value is -7.43. The molecule has 4 atom stereocenters. The van der Waals surface area contributed by atoms with Crippen LogP contribution in [0.1, 0.15) is 112 Å². The van der Waals surface area contributed by atoms with E-state index in [1.54, 1.807) is 72.1 Å². The normalized spacial score (nSPS) is 18.3. The second kappa shape index (κ2) is 28.2. The van der Waals surface area contributed by atoms with E-state index in [2.05, 4.69) is 17.2 Å². The van der Waals surface area contributed by atoms with Gasteiger partial charge in [-0.15, -0.1) is 0 Å². The highest BCUT2D eigenvalue weighted by molar-refractivity contribution is 6.07. The number of aliphatic hydroxyl groups excluding tert-OH is 2. The minimum atomic E-state index is -1.50. The number of carbonyl (C=O) groups excluding carboxylic acids is 5. The van der Waals surface area contributed by atoms with Gasteiger partial charge in [-0.25, -0.2) is 19.4 Å². The first-order valence-electron chi connectivity index (χ1n) is 27.5.